The summed E-state index contributed by atoms with van der Waals surface area (Å²) in [5, 5.41) is 0. The highest BCUT2D eigenvalue weighted by Crippen LogP contribution is 2.24. The minimum Gasteiger partial charge on any atom is -0.456 e. The van der Waals surface area contributed by atoms with Crippen LogP contribution in [0.5, 0.6) is 11.5 Å². The van der Waals surface area contributed by atoms with Crippen molar-refractivity contribution in [2.45, 2.75) is 33.1 Å². The summed E-state index contributed by atoms with van der Waals surface area (Å²) in [5.74, 6) is 1.92. The van der Waals surface area contributed by atoms with Crippen LogP contribution in [-0.4, -0.2) is 10.8 Å². The van der Waals surface area contributed by atoms with Crippen LogP contribution >= 0.6 is 0 Å². The van der Waals surface area contributed by atoms with Crippen molar-refractivity contribution in [3.8, 4) is 11.5 Å². The molecule has 1 aromatic heterocycles. The Morgan fingerprint density at radius 3 is 2.60 bits per heavy atom. The van der Waals surface area contributed by atoms with Crippen molar-refractivity contribution in [3.05, 3.63) is 53.9 Å². The Labute approximate surface area is 119 Å². The third-order valence-electron chi connectivity index (χ3n) is 3.10. The molecule has 0 atom stereocenters. The standard InChI is InChI=1S/C17H19NO2/c1-4-17(19)16-9-8-15(11-18-16)20-14-7-5-6-13(10-14)12(2)3/h5-12H,4H2,1-3H3. The predicted molar refractivity (Wildman–Crippen MR) is 79.5 cm³/mol. The van der Waals surface area contributed by atoms with Crippen LogP contribution in [0.3, 0.4) is 0 Å². The Bertz CT molecular complexity index is 588. The number of hydrogen-bond donors (Lipinski definition) is 0. The van der Waals surface area contributed by atoms with Gasteiger partial charge in [0.1, 0.15) is 17.2 Å². The Balaban J connectivity index is 2.14. The molecule has 1 aromatic carbocycles. The van der Waals surface area contributed by atoms with E-state index in [1.165, 1.54) is 5.56 Å². The third-order valence-corrected chi connectivity index (χ3v) is 3.10. The van der Waals surface area contributed by atoms with Gasteiger partial charge in [0.2, 0.25) is 0 Å². The second kappa shape index (κ2) is 6.33. The summed E-state index contributed by atoms with van der Waals surface area (Å²) in [6.45, 7) is 6.11. The van der Waals surface area contributed by atoms with E-state index in [-0.39, 0.29) is 5.78 Å². The van der Waals surface area contributed by atoms with Gasteiger partial charge in [-0.3, -0.25) is 4.79 Å². The van der Waals surface area contributed by atoms with Crippen molar-refractivity contribution < 1.29 is 9.53 Å². The number of Topliss-reactive ketones (excluding diaryl/α,β-unsaturated/α-hetero) is 1. The van der Waals surface area contributed by atoms with Crippen LogP contribution in [0, 0.1) is 0 Å². The summed E-state index contributed by atoms with van der Waals surface area (Å²) in [6.07, 6.45) is 2.05. The molecule has 0 bridgehead atoms. The molecule has 0 spiro atoms. The maximum absolute atomic E-state index is 11.5. The number of aromatic nitrogens is 1. The largest absolute Gasteiger partial charge is 0.456 e. The zero-order valence-corrected chi connectivity index (χ0v) is 12.1. The summed E-state index contributed by atoms with van der Waals surface area (Å²) in [5.41, 5.74) is 1.71. The minimum absolute atomic E-state index is 0.0401. The van der Waals surface area contributed by atoms with Crippen LogP contribution < -0.4 is 4.74 Å². The second-order valence-corrected chi connectivity index (χ2v) is 4.99. The van der Waals surface area contributed by atoms with Gasteiger partial charge in [0.25, 0.3) is 0 Å². The molecule has 0 N–H and O–H groups in total. The molecule has 1 heterocycles. The fourth-order valence-corrected chi connectivity index (χ4v) is 1.86. The molecule has 104 valence electrons. The lowest BCUT2D eigenvalue weighted by Crippen LogP contribution is -1.99. The number of ether oxygens (including phenoxy) is 1. The number of carbonyl (C=O) groups is 1. The quantitative estimate of drug-likeness (QED) is 0.745. The molecule has 2 aromatic rings. The van der Waals surface area contributed by atoms with Crippen molar-refractivity contribution in [2.75, 3.05) is 0 Å². The molecule has 0 aliphatic heterocycles. The zero-order valence-electron chi connectivity index (χ0n) is 12.1. The van der Waals surface area contributed by atoms with E-state index in [0.29, 0.717) is 23.8 Å². The van der Waals surface area contributed by atoms with Crippen LogP contribution in [0.4, 0.5) is 0 Å². The first kappa shape index (κ1) is 14.3. The van der Waals surface area contributed by atoms with Crippen LogP contribution in [-0.2, 0) is 0 Å². The van der Waals surface area contributed by atoms with Gasteiger partial charge in [0.05, 0.1) is 6.20 Å². The second-order valence-electron chi connectivity index (χ2n) is 4.99. The van der Waals surface area contributed by atoms with Crippen molar-refractivity contribution >= 4 is 5.78 Å². The molecular formula is C17H19NO2. The first-order valence-electron chi connectivity index (χ1n) is 6.87. The Morgan fingerprint density at radius 1 is 1.20 bits per heavy atom. The molecule has 0 aliphatic carbocycles. The molecule has 0 saturated heterocycles. The van der Waals surface area contributed by atoms with Gasteiger partial charge >= 0.3 is 0 Å². The van der Waals surface area contributed by atoms with Gasteiger partial charge in [-0.05, 0) is 35.7 Å². The van der Waals surface area contributed by atoms with E-state index in [9.17, 15) is 4.79 Å². The molecule has 0 unspecified atom stereocenters. The molecule has 0 radical (unpaired) electrons. The van der Waals surface area contributed by atoms with E-state index < -0.39 is 0 Å². The Morgan fingerprint density at radius 2 is 2.00 bits per heavy atom. The topological polar surface area (TPSA) is 39.2 Å². The molecule has 20 heavy (non-hydrogen) atoms. The van der Waals surface area contributed by atoms with Crippen LogP contribution in [0.2, 0.25) is 0 Å². The summed E-state index contributed by atoms with van der Waals surface area (Å²) < 4.78 is 5.76. The highest BCUT2D eigenvalue weighted by Gasteiger charge is 2.06. The van der Waals surface area contributed by atoms with Crippen molar-refractivity contribution in [1.82, 2.24) is 4.98 Å². The minimum atomic E-state index is 0.0401. The van der Waals surface area contributed by atoms with E-state index in [1.54, 1.807) is 18.3 Å². The van der Waals surface area contributed by atoms with Crippen molar-refractivity contribution in [3.63, 3.8) is 0 Å². The number of carbonyl (C=O) groups excluding carboxylic acids is 1. The molecule has 0 fully saturated rings. The van der Waals surface area contributed by atoms with E-state index in [2.05, 4.69) is 24.9 Å². The van der Waals surface area contributed by atoms with E-state index in [1.807, 2.05) is 25.1 Å². The third kappa shape index (κ3) is 3.44. The number of ketones is 1. The molecular weight excluding hydrogens is 250 g/mol. The average molecular weight is 269 g/mol. The summed E-state index contributed by atoms with van der Waals surface area (Å²) in [7, 11) is 0. The number of rotatable bonds is 5. The van der Waals surface area contributed by atoms with Crippen molar-refractivity contribution in [2.24, 2.45) is 0 Å². The van der Waals surface area contributed by atoms with E-state index in [4.69, 9.17) is 4.74 Å². The Kier molecular flexibility index (Phi) is 4.51. The molecule has 0 amide bonds. The van der Waals surface area contributed by atoms with Gasteiger partial charge in [-0.15, -0.1) is 0 Å². The lowest BCUT2D eigenvalue weighted by Gasteiger charge is -2.09. The van der Waals surface area contributed by atoms with Crippen LogP contribution in [0.1, 0.15) is 49.2 Å². The van der Waals surface area contributed by atoms with Crippen molar-refractivity contribution in [1.29, 1.82) is 0 Å². The summed E-state index contributed by atoms with van der Waals surface area (Å²) >= 11 is 0. The molecule has 3 heteroatoms. The molecule has 0 saturated carbocycles. The Hall–Kier alpha value is -2.16. The zero-order chi connectivity index (χ0) is 14.5. The highest BCUT2D eigenvalue weighted by atomic mass is 16.5. The lowest BCUT2D eigenvalue weighted by atomic mass is 10.0. The van der Waals surface area contributed by atoms with Gasteiger partial charge in [0.15, 0.2) is 5.78 Å². The molecule has 0 aliphatic rings. The fourth-order valence-electron chi connectivity index (χ4n) is 1.86. The molecule has 3 nitrogen and oxygen atoms in total. The highest BCUT2D eigenvalue weighted by molar-refractivity contribution is 5.93. The SMILES string of the molecule is CCC(=O)c1ccc(Oc2cccc(C(C)C)c2)cn1. The normalized spacial score (nSPS) is 10.6. The first-order chi connectivity index (χ1) is 9.60. The van der Waals surface area contributed by atoms with Gasteiger partial charge in [0, 0.05) is 6.42 Å². The predicted octanol–water partition coefficient (Wildman–Crippen LogP) is 4.59. The van der Waals surface area contributed by atoms with Crippen LogP contribution in [0.15, 0.2) is 42.6 Å². The summed E-state index contributed by atoms with van der Waals surface area (Å²) in [4.78, 5) is 15.6. The number of hydrogen-bond acceptors (Lipinski definition) is 3. The fraction of sp³-hybridized carbons (Fsp3) is 0.294. The lowest BCUT2D eigenvalue weighted by molar-refractivity contribution is 0.0983. The van der Waals surface area contributed by atoms with Gasteiger partial charge in [-0.25, -0.2) is 4.98 Å². The number of pyridine rings is 1. The molecule has 2 rings (SSSR count). The monoisotopic (exact) mass is 269 g/mol. The maximum atomic E-state index is 11.5. The van der Waals surface area contributed by atoms with Gasteiger partial charge in [-0.1, -0.05) is 32.9 Å². The number of nitrogens with zero attached hydrogens (tertiary/aromatic N) is 1. The van der Waals surface area contributed by atoms with Gasteiger partial charge < -0.3 is 4.74 Å². The van der Waals surface area contributed by atoms with E-state index >= 15 is 0 Å². The smallest absolute Gasteiger partial charge is 0.180 e. The summed E-state index contributed by atoms with van der Waals surface area (Å²) in [6, 6.07) is 11.5. The maximum Gasteiger partial charge on any atom is 0.180 e. The van der Waals surface area contributed by atoms with Gasteiger partial charge in [-0.2, -0.15) is 0 Å². The van der Waals surface area contributed by atoms with Crippen LogP contribution in [0.25, 0.3) is 0 Å². The average Bonchev–Trinajstić information content (AvgIpc) is 2.47. The first-order valence-corrected chi connectivity index (χ1v) is 6.87. The number of benzene rings is 1. The van der Waals surface area contributed by atoms with E-state index in [0.717, 1.165) is 5.75 Å².